The monoisotopic (exact) mass is 209 g/mol. The Morgan fingerprint density at radius 3 is 2.73 bits per heavy atom. The molecule has 82 valence electrons. The van der Waals surface area contributed by atoms with Gasteiger partial charge in [-0.2, -0.15) is 0 Å². The van der Waals surface area contributed by atoms with Gasteiger partial charge in [0.15, 0.2) is 6.29 Å². The summed E-state index contributed by atoms with van der Waals surface area (Å²) < 4.78 is 16.1. The largest absolute Gasteiger partial charge is 0.492 e. The van der Waals surface area contributed by atoms with Gasteiger partial charge in [0.2, 0.25) is 0 Å². The molecule has 0 unspecified atom stereocenters. The minimum Gasteiger partial charge on any atom is -0.492 e. The van der Waals surface area contributed by atoms with E-state index in [0.717, 1.165) is 5.56 Å². The van der Waals surface area contributed by atoms with Gasteiger partial charge in [0.1, 0.15) is 5.75 Å². The first-order valence-corrected chi connectivity index (χ1v) is 5.06. The van der Waals surface area contributed by atoms with Gasteiger partial charge in [-0.25, -0.2) is 0 Å². The van der Waals surface area contributed by atoms with Gasteiger partial charge in [-0.3, -0.25) is 0 Å². The van der Waals surface area contributed by atoms with Crippen LogP contribution in [0.1, 0.15) is 18.8 Å². The molecule has 0 radical (unpaired) electrons. The molecular weight excluding hydrogens is 194 g/mol. The number of hydrogen-bond acceptors (Lipinski definition) is 4. The molecule has 0 aliphatic carbocycles. The van der Waals surface area contributed by atoms with Crippen LogP contribution >= 0.6 is 0 Å². The Morgan fingerprint density at radius 1 is 1.40 bits per heavy atom. The molecule has 4 nitrogen and oxygen atoms in total. The molecule has 2 rings (SSSR count). The van der Waals surface area contributed by atoms with E-state index in [1.807, 2.05) is 25.1 Å². The predicted molar refractivity (Wildman–Crippen MR) is 56.7 cm³/mol. The molecule has 15 heavy (non-hydrogen) atoms. The quantitative estimate of drug-likeness (QED) is 0.770. The van der Waals surface area contributed by atoms with Crippen molar-refractivity contribution in [1.82, 2.24) is 0 Å². The molecule has 0 spiro atoms. The van der Waals surface area contributed by atoms with Gasteiger partial charge >= 0.3 is 0 Å². The number of ether oxygens (including phenoxy) is 3. The van der Waals surface area contributed by atoms with Crippen molar-refractivity contribution in [1.29, 1.82) is 0 Å². The number of rotatable bonds is 3. The second-order valence-corrected chi connectivity index (χ2v) is 3.30. The Kier molecular flexibility index (Phi) is 3.08. The smallest absolute Gasteiger partial charge is 0.184 e. The van der Waals surface area contributed by atoms with Gasteiger partial charge in [-0.05, 0) is 19.1 Å². The summed E-state index contributed by atoms with van der Waals surface area (Å²) in [4.78, 5) is 0. The maximum absolute atomic E-state index is 5.84. The molecule has 0 bridgehead atoms. The third-order valence-corrected chi connectivity index (χ3v) is 2.23. The maximum atomic E-state index is 5.84. The summed E-state index contributed by atoms with van der Waals surface area (Å²) >= 11 is 0. The van der Waals surface area contributed by atoms with Crippen molar-refractivity contribution in [3.8, 4) is 5.75 Å². The first-order chi connectivity index (χ1) is 7.31. The Bertz CT molecular complexity index is 335. The summed E-state index contributed by atoms with van der Waals surface area (Å²) in [5, 5.41) is 0. The van der Waals surface area contributed by atoms with Crippen molar-refractivity contribution in [3.05, 3.63) is 23.8 Å². The number of anilines is 1. The third kappa shape index (κ3) is 2.22. The summed E-state index contributed by atoms with van der Waals surface area (Å²) in [5.41, 5.74) is 7.40. The van der Waals surface area contributed by atoms with Gasteiger partial charge in [-0.1, -0.05) is 6.07 Å². The fourth-order valence-corrected chi connectivity index (χ4v) is 1.55. The highest BCUT2D eigenvalue weighted by atomic mass is 16.7. The standard InChI is InChI=1S/C11H15NO3/c1-2-13-10-4-3-8(7-9(10)12)11-14-5-6-15-11/h3-4,7,11H,2,5-6,12H2,1H3. The molecule has 1 fully saturated rings. The van der Waals surface area contributed by atoms with Crippen molar-refractivity contribution in [2.45, 2.75) is 13.2 Å². The molecule has 0 atom stereocenters. The first kappa shape index (κ1) is 10.3. The van der Waals surface area contributed by atoms with E-state index in [0.29, 0.717) is 31.3 Å². The number of hydrogen-bond donors (Lipinski definition) is 1. The van der Waals surface area contributed by atoms with Crippen molar-refractivity contribution < 1.29 is 14.2 Å². The van der Waals surface area contributed by atoms with Crippen LogP contribution in [-0.2, 0) is 9.47 Å². The Balaban J connectivity index is 2.16. The van der Waals surface area contributed by atoms with Gasteiger partial charge in [0.05, 0.1) is 25.5 Å². The summed E-state index contributed by atoms with van der Waals surface area (Å²) in [6, 6.07) is 5.59. The van der Waals surface area contributed by atoms with E-state index < -0.39 is 0 Å². The van der Waals surface area contributed by atoms with Crippen molar-refractivity contribution in [2.75, 3.05) is 25.6 Å². The van der Waals surface area contributed by atoms with Gasteiger partial charge in [0, 0.05) is 5.56 Å². The second kappa shape index (κ2) is 4.51. The summed E-state index contributed by atoms with van der Waals surface area (Å²) in [6.07, 6.45) is -0.275. The summed E-state index contributed by atoms with van der Waals surface area (Å²) in [5.74, 6) is 0.708. The fourth-order valence-electron chi connectivity index (χ4n) is 1.55. The predicted octanol–water partition coefficient (Wildman–Crippen LogP) is 1.71. The molecule has 0 aromatic heterocycles. The highest BCUT2D eigenvalue weighted by Crippen LogP contribution is 2.29. The molecule has 1 aliphatic rings. The van der Waals surface area contributed by atoms with Crippen LogP contribution in [0.3, 0.4) is 0 Å². The van der Waals surface area contributed by atoms with Crippen LogP contribution in [0.25, 0.3) is 0 Å². The van der Waals surface area contributed by atoms with E-state index >= 15 is 0 Å². The lowest BCUT2D eigenvalue weighted by molar-refractivity contribution is -0.0440. The third-order valence-electron chi connectivity index (χ3n) is 2.23. The molecule has 1 aromatic carbocycles. The van der Waals surface area contributed by atoms with Crippen LogP contribution in [-0.4, -0.2) is 19.8 Å². The zero-order chi connectivity index (χ0) is 10.7. The van der Waals surface area contributed by atoms with Gasteiger partial charge in [-0.15, -0.1) is 0 Å². The Morgan fingerprint density at radius 2 is 2.13 bits per heavy atom. The highest BCUT2D eigenvalue weighted by molar-refractivity contribution is 5.54. The van der Waals surface area contributed by atoms with E-state index in [-0.39, 0.29) is 6.29 Å². The summed E-state index contributed by atoms with van der Waals surface area (Å²) in [6.45, 7) is 3.81. The molecule has 0 amide bonds. The van der Waals surface area contributed by atoms with Gasteiger partial charge < -0.3 is 19.9 Å². The lowest BCUT2D eigenvalue weighted by Crippen LogP contribution is -2.01. The highest BCUT2D eigenvalue weighted by Gasteiger charge is 2.18. The second-order valence-electron chi connectivity index (χ2n) is 3.30. The zero-order valence-corrected chi connectivity index (χ0v) is 8.73. The average Bonchev–Trinajstić information content (AvgIpc) is 2.74. The van der Waals surface area contributed by atoms with Crippen LogP contribution in [0, 0.1) is 0 Å². The van der Waals surface area contributed by atoms with Gasteiger partial charge in [0.25, 0.3) is 0 Å². The van der Waals surface area contributed by atoms with Crippen LogP contribution < -0.4 is 10.5 Å². The molecule has 4 heteroatoms. The van der Waals surface area contributed by atoms with E-state index in [4.69, 9.17) is 19.9 Å². The number of nitrogens with two attached hydrogens (primary N) is 1. The minimum absolute atomic E-state index is 0.275. The molecular formula is C11H15NO3. The number of benzene rings is 1. The first-order valence-electron chi connectivity index (χ1n) is 5.06. The van der Waals surface area contributed by atoms with Crippen molar-refractivity contribution >= 4 is 5.69 Å². The normalized spacial score (nSPS) is 16.9. The van der Waals surface area contributed by atoms with Crippen LogP contribution in [0.2, 0.25) is 0 Å². The zero-order valence-electron chi connectivity index (χ0n) is 8.73. The van der Waals surface area contributed by atoms with Crippen LogP contribution in [0.15, 0.2) is 18.2 Å². The lowest BCUT2D eigenvalue weighted by atomic mass is 10.2. The molecule has 2 N–H and O–H groups in total. The molecule has 1 heterocycles. The minimum atomic E-state index is -0.275. The Hall–Kier alpha value is -1.26. The Labute approximate surface area is 88.9 Å². The average molecular weight is 209 g/mol. The van der Waals surface area contributed by atoms with E-state index in [2.05, 4.69) is 0 Å². The van der Waals surface area contributed by atoms with Crippen LogP contribution in [0.5, 0.6) is 5.75 Å². The SMILES string of the molecule is CCOc1ccc(C2OCCO2)cc1N. The van der Waals surface area contributed by atoms with E-state index in [9.17, 15) is 0 Å². The topological polar surface area (TPSA) is 53.7 Å². The summed E-state index contributed by atoms with van der Waals surface area (Å²) in [7, 11) is 0. The maximum Gasteiger partial charge on any atom is 0.184 e. The fraction of sp³-hybridized carbons (Fsp3) is 0.455. The van der Waals surface area contributed by atoms with E-state index in [1.54, 1.807) is 0 Å². The molecule has 1 saturated heterocycles. The molecule has 1 aromatic rings. The van der Waals surface area contributed by atoms with E-state index in [1.165, 1.54) is 0 Å². The number of nitrogen functional groups attached to an aromatic ring is 1. The van der Waals surface area contributed by atoms with Crippen molar-refractivity contribution in [3.63, 3.8) is 0 Å². The molecule has 0 saturated carbocycles. The van der Waals surface area contributed by atoms with Crippen molar-refractivity contribution in [2.24, 2.45) is 0 Å². The molecule has 1 aliphatic heterocycles. The van der Waals surface area contributed by atoms with Crippen LogP contribution in [0.4, 0.5) is 5.69 Å². The lowest BCUT2D eigenvalue weighted by Gasteiger charge is -2.12.